The highest BCUT2D eigenvalue weighted by Gasteiger charge is 2.38. The normalized spacial score (nSPS) is 19.0. The van der Waals surface area contributed by atoms with Crippen LogP contribution in [0.25, 0.3) is 11.4 Å². The zero-order valence-corrected chi connectivity index (χ0v) is 16.3. The molecule has 2 aromatic heterocycles. The molecule has 0 N–H and O–H groups in total. The molecule has 2 unspecified atom stereocenters. The third kappa shape index (κ3) is 3.45. The van der Waals surface area contributed by atoms with E-state index in [1.165, 1.54) is 7.11 Å². The third-order valence-corrected chi connectivity index (χ3v) is 5.22. The predicted molar refractivity (Wildman–Crippen MR) is 103 cm³/mol. The highest BCUT2D eigenvalue weighted by atomic mass is 35.5. The summed E-state index contributed by atoms with van der Waals surface area (Å²) >= 11 is 6.07. The number of aromatic nitrogens is 3. The molecule has 2 atom stereocenters. The van der Waals surface area contributed by atoms with Crippen LogP contribution >= 0.6 is 11.6 Å². The first-order valence-corrected chi connectivity index (χ1v) is 9.31. The minimum Gasteiger partial charge on any atom is -0.496 e. The second kappa shape index (κ2) is 7.59. The molecule has 0 spiro atoms. The number of pyridine rings is 1. The summed E-state index contributed by atoms with van der Waals surface area (Å²) in [5.74, 6) is 1.58. The topological polar surface area (TPSA) is 81.4 Å². The average Bonchev–Trinajstić information content (AvgIpc) is 3.35. The van der Waals surface area contributed by atoms with Gasteiger partial charge in [0, 0.05) is 36.1 Å². The maximum atomic E-state index is 13.0. The maximum absolute atomic E-state index is 13.0. The van der Waals surface area contributed by atoms with Gasteiger partial charge in [0.2, 0.25) is 11.7 Å². The first kappa shape index (κ1) is 18.4. The number of methoxy groups -OCH3 is 1. The van der Waals surface area contributed by atoms with E-state index in [1.54, 1.807) is 35.5 Å². The van der Waals surface area contributed by atoms with Gasteiger partial charge in [0.15, 0.2) is 0 Å². The van der Waals surface area contributed by atoms with E-state index in [0.29, 0.717) is 41.1 Å². The molecule has 3 aromatic rings. The third-order valence-electron chi connectivity index (χ3n) is 4.99. The van der Waals surface area contributed by atoms with Crippen molar-refractivity contribution in [1.29, 1.82) is 0 Å². The Labute approximate surface area is 167 Å². The van der Waals surface area contributed by atoms with Gasteiger partial charge in [-0.3, -0.25) is 9.78 Å². The molecule has 144 valence electrons. The molecule has 1 aliphatic heterocycles. The zero-order chi connectivity index (χ0) is 19.7. The Kier molecular flexibility index (Phi) is 5.00. The van der Waals surface area contributed by atoms with Gasteiger partial charge in [0.25, 0.3) is 5.91 Å². The minimum absolute atomic E-state index is 0.0304. The summed E-state index contributed by atoms with van der Waals surface area (Å²) in [6.07, 6.45) is 3.37. The van der Waals surface area contributed by atoms with Crippen LogP contribution in [0.3, 0.4) is 0 Å². The molecule has 1 fully saturated rings. The SMILES string of the molecule is COc1ccc(Cl)cc1C(=O)N1CC(C)C(c2nc(-c3ccncc3)no2)C1. The molecule has 4 rings (SSSR count). The highest BCUT2D eigenvalue weighted by molar-refractivity contribution is 6.31. The quantitative estimate of drug-likeness (QED) is 0.667. The lowest BCUT2D eigenvalue weighted by atomic mass is 9.98. The molecule has 1 aliphatic rings. The van der Waals surface area contributed by atoms with Gasteiger partial charge in [-0.2, -0.15) is 4.98 Å². The lowest BCUT2D eigenvalue weighted by Crippen LogP contribution is -2.29. The molecule has 1 aromatic carbocycles. The summed E-state index contributed by atoms with van der Waals surface area (Å²) in [5.41, 5.74) is 1.29. The summed E-state index contributed by atoms with van der Waals surface area (Å²) in [7, 11) is 1.54. The van der Waals surface area contributed by atoms with Crippen LogP contribution in [-0.4, -0.2) is 46.1 Å². The minimum atomic E-state index is -0.123. The number of hydrogen-bond donors (Lipinski definition) is 0. The van der Waals surface area contributed by atoms with Gasteiger partial charge in [-0.15, -0.1) is 0 Å². The lowest BCUT2D eigenvalue weighted by Gasteiger charge is -2.18. The van der Waals surface area contributed by atoms with Crippen molar-refractivity contribution in [2.24, 2.45) is 5.92 Å². The van der Waals surface area contributed by atoms with Crippen LogP contribution in [0.4, 0.5) is 0 Å². The summed E-state index contributed by atoms with van der Waals surface area (Å²) < 4.78 is 10.8. The molecule has 1 amide bonds. The Balaban J connectivity index is 1.55. The fraction of sp³-hybridized carbons (Fsp3) is 0.300. The number of carbonyl (C=O) groups is 1. The number of amides is 1. The summed E-state index contributed by atoms with van der Waals surface area (Å²) in [6.45, 7) is 3.16. The van der Waals surface area contributed by atoms with Crippen molar-refractivity contribution in [2.75, 3.05) is 20.2 Å². The first-order valence-electron chi connectivity index (χ1n) is 8.93. The van der Waals surface area contributed by atoms with E-state index in [-0.39, 0.29) is 17.7 Å². The van der Waals surface area contributed by atoms with Gasteiger partial charge in [0.05, 0.1) is 18.6 Å². The summed E-state index contributed by atoms with van der Waals surface area (Å²) in [5, 5.41) is 4.57. The van der Waals surface area contributed by atoms with E-state index in [9.17, 15) is 4.79 Å². The number of nitrogens with zero attached hydrogens (tertiary/aromatic N) is 4. The van der Waals surface area contributed by atoms with E-state index in [1.807, 2.05) is 12.1 Å². The number of benzene rings is 1. The van der Waals surface area contributed by atoms with Crippen molar-refractivity contribution in [3.8, 4) is 17.1 Å². The molecule has 28 heavy (non-hydrogen) atoms. The van der Waals surface area contributed by atoms with E-state index < -0.39 is 0 Å². The molecule has 7 nitrogen and oxygen atoms in total. The van der Waals surface area contributed by atoms with Gasteiger partial charge in [-0.25, -0.2) is 0 Å². The number of carbonyl (C=O) groups excluding carboxylic acids is 1. The molecule has 3 heterocycles. The van der Waals surface area contributed by atoms with Crippen molar-refractivity contribution in [1.82, 2.24) is 20.0 Å². The Morgan fingerprint density at radius 2 is 2.04 bits per heavy atom. The standard InChI is InChI=1S/C20H19ClN4O3/c1-12-10-25(20(26)15-9-14(21)3-4-17(15)27-2)11-16(12)19-23-18(24-28-19)13-5-7-22-8-6-13/h3-9,12,16H,10-11H2,1-2H3. The second-order valence-corrected chi connectivity index (χ2v) is 7.27. The van der Waals surface area contributed by atoms with Crippen LogP contribution in [0.1, 0.15) is 29.1 Å². The van der Waals surface area contributed by atoms with Crippen molar-refractivity contribution in [3.05, 3.63) is 59.2 Å². The molecule has 0 saturated carbocycles. The molecular weight excluding hydrogens is 380 g/mol. The number of hydrogen-bond acceptors (Lipinski definition) is 6. The Morgan fingerprint density at radius 3 is 2.79 bits per heavy atom. The molecule has 0 aliphatic carbocycles. The predicted octanol–water partition coefficient (Wildman–Crippen LogP) is 3.67. The van der Waals surface area contributed by atoms with Crippen molar-refractivity contribution in [2.45, 2.75) is 12.8 Å². The van der Waals surface area contributed by atoms with Crippen molar-refractivity contribution >= 4 is 17.5 Å². The van der Waals surface area contributed by atoms with E-state index in [4.69, 9.17) is 20.9 Å². The highest BCUT2D eigenvalue weighted by Crippen LogP contribution is 2.34. The summed E-state index contributed by atoms with van der Waals surface area (Å²) in [4.78, 5) is 23.4. The first-order chi connectivity index (χ1) is 13.6. The number of ether oxygens (including phenoxy) is 1. The Hall–Kier alpha value is -2.93. The second-order valence-electron chi connectivity index (χ2n) is 6.83. The maximum Gasteiger partial charge on any atom is 0.257 e. The van der Waals surface area contributed by atoms with Crippen LogP contribution < -0.4 is 4.74 Å². The fourth-order valence-corrected chi connectivity index (χ4v) is 3.65. The molecule has 0 bridgehead atoms. The van der Waals surface area contributed by atoms with E-state index in [2.05, 4.69) is 22.0 Å². The molecule has 1 saturated heterocycles. The fourth-order valence-electron chi connectivity index (χ4n) is 3.48. The molecule has 0 radical (unpaired) electrons. The van der Waals surface area contributed by atoms with Crippen molar-refractivity contribution in [3.63, 3.8) is 0 Å². The monoisotopic (exact) mass is 398 g/mol. The van der Waals surface area contributed by atoms with Crippen LogP contribution in [0.15, 0.2) is 47.2 Å². The van der Waals surface area contributed by atoms with Crippen LogP contribution in [0.2, 0.25) is 5.02 Å². The van der Waals surface area contributed by atoms with Gasteiger partial charge in [-0.05, 0) is 36.2 Å². The van der Waals surface area contributed by atoms with Gasteiger partial charge >= 0.3 is 0 Å². The number of halogens is 1. The van der Waals surface area contributed by atoms with Crippen LogP contribution in [-0.2, 0) is 0 Å². The number of rotatable bonds is 4. The average molecular weight is 399 g/mol. The van der Waals surface area contributed by atoms with E-state index in [0.717, 1.165) is 5.56 Å². The van der Waals surface area contributed by atoms with Gasteiger partial charge < -0.3 is 14.2 Å². The van der Waals surface area contributed by atoms with E-state index >= 15 is 0 Å². The van der Waals surface area contributed by atoms with Gasteiger partial charge in [-0.1, -0.05) is 23.7 Å². The van der Waals surface area contributed by atoms with Crippen molar-refractivity contribution < 1.29 is 14.1 Å². The largest absolute Gasteiger partial charge is 0.496 e. The Bertz CT molecular complexity index is 992. The summed E-state index contributed by atoms with van der Waals surface area (Å²) in [6, 6.07) is 8.69. The Morgan fingerprint density at radius 1 is 1.25 bits per heavy atom. The van der Waals surface area contributed by atoms with Crippen LogP contribution in [0, 0.1) is 5.92 Å². The van der Waals surface area contributed by atoms with Crippen LogP contribution in [0.5, 0.6) is 5.75 Å². The zero-order valence-electron chi connectivity index (χ0n) is 15.5. The number of likely N-dealkylation sites (tertiary alicyclic amines) is 1. The molecule has 8 heteroatoms. The van der Waals surface area contributed by atoms with Gasteiger partial charge in [0.1, 0.15) is 5.75 Å². The molecular formula is C20H19ClN4O3. The lowest BCUT2D eigenvalue weighted by molar-refractivity contribution is 0.0782. The smallest absolute Gasteiger partial charge is 0.257 e.